The van der Waals surface area contributed by atoms with Crippen LogP contribution in [0.25, 0.3) is 0 Å². The molecule has 0 fully saturated rings. The van der Waals surface area contributed by atoms with Crippen LogP contribution in [0.3, 0.4) is 0 Å². The van der Waals surface area contributed by atoms with E-state index in [0.717, 1.165) is 34.1 Å². The lowest BCUT2D eigenvalue weighted by atomic mass is 9.99. The van der Waals surface area contributed by atoms with Crippen molar-refractivity contribution >= 4 is 31.6 Å². The van der Waals surface area contributed by atoms with E-state index < -0.39 is 49.8 Å². The van der Waals surface area contributed by atoms with Crippen LogP contribution < -0.4 is 9.46 Å². The summed E-state index contributed by atoms with van der Waals surface area (Å²) in [6.07, 6.45) is -0.827. The molecular formula is C29H34FN3O7S2. The molecule has 0 spiro atoms. The van der Waals surface area contributed by atoms with E-state index in [1.54, 1.807) is 26.0 Å². The van der Waals surface area contributed by atoms with Crippen molar-refractivity contribution in [1.29, 1.82) is 0 Å². The molecule has 3 atom stereocenters. The number of aliphatic hydroxyl groups is 1. The van der Waals surface area contributed by atoms with E-state index in [9.17, 15) is 31.1 Å². The van der Waals surface area contributed by atoms with Crippen LogP contribution in [0.15, 0.2) is 76.5 Å². The third-order valence-corrected chi connectivity index (χ3v) is 10.4. The van der Waals surface area contributed by atoms with Crippen LogP contribution in [0.5, 0.6) is 5.75 Å². The second-order valence-electron chi connectivity index (χ2n) is 10.5. The molecule has 0 radical (unpaired) electrons. The van der Waals surface area contributed by atoms with Crippen molar-refractivity contribution in [2.24, 2.45) is 5.92 Å². The van der Waals surface area contributed by atoms with Crippen LogP contribution >= 0.6 is 0 Å². The third-order valence-electron chi connectivity index (χ3n) is 7.23. The summed E-state index contributed by atoms with van der Waals surface area (Å²) in [6, 6.07) is 14.5. The van der Waals surface area contributed by atoms with E-state index in [2.05, 4.69) is 4.72 Å². The molecule has 4 rings (SSSR count). The highest BCUT2D eigenvalue weighted by molar-refractivity contribution is 7.92. The molecule has 0 unspecified atom stereocenters. The number of likely N-dealkylation sites (N-methyl/N-ethyl adjacent to an activating group) is 1. The van der Waals surface area contributed by atoms with Crippen molar-refractivity contribution in [1.82, 2.24) is 9.21 Å². The Labute approximate surface area is 245 Å². The maximum atomic E-state index is 13.7. The van der Waals surface area contributed by atoms with Crippen LogP contribution in [0, 0.1) is 18.7 Å². The number of anilines is 1. The largest absolute Gasteiger partial charge is 0.486 e. The van der Waals surface area contributed by atoms with E-state index in [-0.39, 0.29) is 46.5 Å². The molecule has 0 aromatic heterocycles. The SMILES string of the molecule is Cc1ccc(S(=O)(=O)N(C)C[C@H]2Oc3c(NS(=O)(=O)c4ccc(F)cc4)cccc3C(=O)N([C@H](C)CO)C[C@@H]2C)cc1. The normalized spacial score (nSPS) is 18.5. The summed E-state index contributed by atoms with van der Waals surface area (Å²) in [4.78, 5) is 15.0. The number of para-hydroxylation sites is 1. The number of amides is 1. The monoisotopic (exact) mass is 619 g/mol. The molecule has 42 heavy (non-hydrogen) atoms. The van der Waals surface area contributed by atoms with Gasteiger partial charge in [-0.05, 0) is 62.4 Å². The van der Waals surface area contributed by atoms with Crippen molar-refractivity contribution in [3.8, 4) is 5.75 Å². The molecule has 13 heteroatoms. The molecule has 0 bridgehead atoms. The Balaban J connectivity index is 1.76. The minimum atomic E-state index is -4.22. The lowest BCUT2D eigenvalue weighted by Crippen LogP contribution is -2.50. The Hall–Kier alpha value is -3.52. The number of nitrogens with zero attached hydrogens (tertiary/aromatic N) is 2. The molecule has 3 aromatic rings. The minimum Gasteiger partial charge on any atom is -0.486 e. The Morgan fingerprint density at radius 2 is 1.67 bits per heavy atom. The summed E-state index contributed by atoms with van der Waals surface area (Å²) in [6.45, 7) is 5.02. The molecule has 2 N–H and O–H groups in total. The van der Waals surface area contributed by atoms with Crippen molar-refractivity contribution in [3.05, 3.63) is 83.7 Å². The number of sulfonamides is 2. The van der Waals surface area contributed by atoms with Crippen molar-refractivity contribution in [3.63, 3.8) is 0 Å². The molecule has 1 heterocycles. The average molecular weight is 620 g/mol. The number of hydrogen-bond acceptors (Lipinski definition) is 7. The van der Waals surface area contributed by atoms with E-state index in [4.69, 9.17) is 4.74 Å². The molecule has 0 saturated carbocycles. The molecule has 226 valence electrons. The van der Waals surface area contributed by atoms with Gasteiger partial charge in [0, 0.05) is 19.5 Å². The molecule has 0 aliphatic carbocycles. The second-order valence-corrected chi connectivity index (χ2v) is 14.2. The van der Waals surface area contributed by atoms with Gasteiger partial charge in [-0.3, -0.25) is 9.52 Å². The maximum Gasteiger partial charge on any atom is 0.262 e. The number of rotatable bonds is 9. The molecule has 3 aromatic carbocycles. The summed E-state index contributed by atoms with van der Waals surface area (Å²) in [5.74, 6) is -1.61. The fourth-order valence-corrected chi connectivity index (χ4v) is 6.85. The van der Waals surface area contributed by atoms with Gasteiger partial charge in [0.2, 0.25) is 10.0 Å². The molecular weight excluding hydrogens is 585 g/mol. The summed E-state index contributed by atoms with van der Waals surface area (Å²) >= 11 is 0. The van der Waals surface area contributed by atoms with Gasteiger partial charge < -0.3 is 14.7 Å². The number of aryl methyl sites for hydroxylation is 1. The van der Waals surface area contributed by atoms with E-state index >= 15 is 0 Å². The van der Waals surface area contributed by atoms with Gasteiger partial charge in [0.1, 0.15) is 11.9 Å². The van der Waals surface area contributed by atoms with Gasteiger partial charge in [0.15, 0.2) is 5.75 Å². The van der Waals surface area contributed by atoms with Crippen molar-refractivity contribution in [2.75, 3.05) is 31.5 Å². The first-order valence-electron chi connectivity index (χ1n) is 13.3. The molecule has 10 nitrogen and oxygen atoms in total. The highest BCUT2D eigenvalue weighted by atomic mass is 32.2. The van der Waals surface area contributed by atoms with Gasteiger partial charge in [-0.25, -0.2) is 21.2 Å². The number of nitrogens with one attached hydrogen (secondary N) is 1. The lowest BCUT2D eigenvalue weighted by Gasteiger charge is -2.38. The smallest absolute Gasteiger partial charge is 0.262 e. The van der Waals surface area contributed by atoms with Crippen molar-refractivity contribution in [2.45, 2.75) is 42.7 Å². The zero-order valence-corrected chi connectivity index (χ0v) is 25.3. The average Bonchev–Trinajstić information content (AvgIpc) is 2.95. The van der Waals surface area contributed by atoms with Crippen LogP contribution in [0.1, 0.15) is 29.8 Å². The van der Waals surface area contributed by atoms with Crippen molar-refractivity contribution < 1.29 is 35.9 Å². The highest BCUT2D eigenvalue weighted by Gasteiger charge is 2.36. The number of benzene rings is 3. The number of hydrogen-bond donors (Lipinski definition) is 2. The molecule has 1 amide bonds. The quantitative estimate of drug-likeness (QED) is 0.375. The molecule has 1 aliphatic heterocycles. The zero-order chi connectivity index (χ0) is 30.8. The number of aliphatic hydroxyl groups excluding tert-OH is 1. The predicted molar refractivity (Wildman–Crippen MR) is 156 cm³/mol. The third kappa shape index (κ3) is 6.59. The fraction of sp³-hybridized carbons (Fsp3) is 0.345. The minimum absolute atomic E-state index is 0.0375. The van der Waals surface area contributed by atoms with Gasteiger partial charge in [-0.1, -0.05) is 30.7 Å². The first kappa shape index (κ1) is 31.4. The Morgan fingerprint density at radius 3 is 2.29 bits per heavy atom. The van der Waals surface area contributed by atoms with Gasteiger partial charge in [0.25, 0.3) is 15.9 Å². The topological polar surface area (TPSA) is 133 Å². The summed E-state index contributed by atoms with van der Waals surface area (Å²) in [5.41, 5.74) is 0.893. The van der Waals surface area contributed by atoms with E-state index in [1.165, 1.54) is 42.3 Å². The Bertz CT molecular complexity index is 1650. The maximum absolute atomic E-state index is 13.7. The number of fused-ring (bicyclic) bond motifs is 1. The van der Waals surface area contributed by atoms with Gasteiger partial charge in [-0.15, -0.1) is 0 Å². The molecule has 0 saturated heterocycles. The van der Waals surface area contributed by atoms with Crippen LogP contribution in [0.2, 0.25) is 0 Å². The number of halogens is 1. The first-order valence-corrected chi connectivity index (χ1v) is 16.2. The number of carbonyl (C=O) groups is 1. The molecule has 1 aliphatic rings. The number of ether oxygens (including phenoxy) is 1. The van der Waals surface area contributed by atoms with Crippen LogP contribution in [-0.4, -0.2) is 75.9 Å². The number of carbonyl (C=O) groups excluding carboxylic acids is 1. The Morgan fingerprint density at radius 1 is 1.05 bits per heavy atom. The fourth-order valence-electron chi connectivity index (χ4n) is 4.60. The predicted octanol–water partition coefficient (Wildman–Crippen LogP) is 3.48. The summed E-state index contributed by atoms with van der Waals surface area (Å²) in [5, 5.41) is 9.89. The van der Waals surface area contributed by atoms with Crippen LogP contribution in [-0.2, 0) is 20.0 Å². The summed E-state index contributed by atoms with van der Waals surface area (Å²) in [7, 11) is -6.71. The summed E-state index contributed by atoms with van der Waals surface area (Å²) < 4.78 is 76.5. The van der Waals surface area contributed by atoms with Gasteiger partial charge >= 0.3 is 0 Å². The highest BCUT2D eigenvalue weighted by Crippen LogP contribution is 2.36. The standard InChI is InChI=1S/C29H34FN3O7S2/c1-19-8-12-24(13-9-19)42(38,39)32(4)17-27-20(2)16-33(21(3)18-34)29(35)25-6-5-7-26(28(25)40-27)31-41(36,37)23-14-10-22(30)11-15-23/h5-15,20-21,27,31,34H,16-18H2,1-4H3/t20-,21+,27+/m0/s1. The van der Waals surface area contributed by atoms with Crippen LogP contribution in [0.4, 0.5) is 10.1 Å². The van der Waals surface area contributed by atoms with Gasteiger partial charge in [-0.2, -0.15) is 4.31 Å². The van der Waals surface area contributed by atoms with Gasteiger partial charge in [0.05, 0.1) is 40.2 Å². The zero-order valence-electron chi connectivity index (χ0n) is 23.7. The lowest BCUT2D eigenvalue weighted by molar-refractivity contribution is 0.0389. The van der Waals surface area contributed by atoms with E-state index in [1.807, 2.05) is 6.92 Å². The van der Waals surface area contributed by atoms with E-state index in [0.29, 0.717) is 0 Å². The second kappa shape index (κ2) is 12.4. The Kier molecular flexibility index (Phi) is 9.26. The first-order chi connectivity index (χ1) is 19.7.